The first kappa shape index (κ1) is 15.9. The SMILES string of the molecule is CCC(C)(C)CC(C(C)(C)CC)S(=O)(=O)O. The number of hydrogen-bond acceptors (Lipinski definition) is 2. The van der Waals surface area contributed by atoms with Gasteiger partial charge in [-0.15, -0.1) is 0 Å². The van der Waals surface area contributed by atoms with Crippen molar-refractivity contribution in [1.29, 1.82) is 0 Å². The molecule has 1 N–H and O–H groups in total. The first-order valence-electron chi connectivity index (χ1n) is 5.92. The van der Waals surface area contributed by atoms with Crippen LogP contribution >= 0.6 is 0 Å². The Morgan fingerprint density at radius 1 is 1.06 bits per heavy atom. The minimum Gasteiger partial charge on any atom is -0.285 e. The van der Waals surface area contributed by atoms with Gasteiger partial charge in [0.1, 0.15) is 0 Å². The summed E-state index contributed by atoms with van der Waals surface area (Å²) in [5.41, 5.74) is -0.451. The molecule has 0 aliphatic carbocycles. The summed E-state index contributed by atoms with van der Waals surface area (Å²) in [7, 11) is -3.98. The van der Waals surface area contributed by atoms with Crippen molar-refractivity contribution in [2.45, 2.75) is 66.1 Å². The lowest BCUT2D eigenvalue weighted by Crippen LogP contribution is -2.39. The van der Waals surface area contributed by atoms with Crippen LogP contribution < -0.4 is 0 Å². The molecule has 0 rings (SSSR count). The normalized spacial score (nSPS) is 16.2. The van der Waals surface area contributed by atoms with E-state index >= 15 is 0 Å². The summed E-state index contributed by atoms with van der Waals surface area (Å²) in [5.74, 6) is 0. The molecule has 98 valence electrons. The third-order valence-corrected chi connectivity index (χ3v) is 5.36. The summed E-state index contributed by atoms with van der Waals surface area (Å²) in [6.07, 6.45) is 2.14. The lowest BCUT2D eigenvalue weighted by Gasteiger charge is -2.36. The number of rotatable bonds is 6. The van der Waals surface area contributed by atoms with Crippen molar-refractivity contribution < 1.29 is 13.0 Å². The van der Waals surface area contributed by atoms with Gasteiger partial charge in [-0.3, -0.25) is 4.55 Å². The predicted molar refractivity (Wildman–Crippen MR) is 68.1 cm³/mol. The Labute approximate surface area is 100 Å². The van der Waals surface area contributed by atoms with E-state index in [9.17, 15) is 13.0 Å². The summed E-state index contributed by atoms with van der Waals surface area (Å²) in [4.78, 5) is 0. The highest BCUT2D eigenvalue weighted by molar-refractivity contribution is 7.86. The summed E-state index contributed by atoms with van der Waals surface area (Å²) < 4.78 is 32.3. The minimum absolute atomic E-state index is 0.0626. The monoisotopic (exact) mass is 250 g/mol. The maximum Gasteiger partial charge on any atom is 0.268 e. The van der Waals surface area contributed by atoms with E-state index in [1.54, 1.807) is 0 Å². The quantitative estimate of drug-likeness (QED) is 0.734. The molecule has 0 aliphatic rings. The zero-order valence-corrected chi connectivity index (χ0v) is 12.2. The lowest BCUT2D eigenvalue weighted by atomic mass is 9.76. The van der Waals surface area contributed by atoms with Gasteiger partial charge in [-0.25, -0.2) is 0 Å². The highest BCUT2D eigenvalue weighted by Gasteiger charge is 2.40. The molecule has 0 aromatic rings. The fourth-order valence-corrected chi connectivity index (χ4v) is 3.29. The molecule has 0 amide bonds. The molecule has 1 unspecified atom stereocenters. The third-order valence-electron chi connectivity index (χ3n) is 3.84. The molecule has 3 nitrogen and oxygen atoms in total. The average molecular weight is 250 g/mol. The van der Waals surface area contributed by atoms with E-state index in [4.69, 9.17) is 0 Å². The molecular formula is C12H26O3S. The van der Waals surface area contributed by atoms with Crippen LogP contribution in [0, 0.1) is 10.8 Å². The van der Waals surface area contributed by atoms with Crippen LogP contribution in [0.2, 0.25) is 0 Å². The van der Waals surface area contributed by atoms with Crippen molar-refractivity contribution in [2.75, 3.05) is 0 Å². The summed E-state index contributed by atoms with van der Waals surface area (Å²) in [5, 5.41) is -0.681. The van der Waals surface area contributed by atoms with Gasteiger partial charge in [-0.2, -0.15) is 8.42 Å². The van der Waals surface area contributed by atoms with E-state index in [2.05, 4.69) is 0 Å². The standard InChI is InChI=1S/C12H26O3S/c1-7-11(3,4)9-10(16(13,14)15)12(5,6)8-2/h10H,7-9H2,1-6H3,(H,13,14,15). The molecule has 0 aromatic carbocycles. The molecule has 0 spiro atoms. The van der Waals surface area contributed by atoms with Crippen molar-refractivity contribution in [2.24, 2.45) is 10.8 Å². The lowest BCUT2D eigenvalue weighted by molar-refractivity contribution is 0.222. The van der Waals surface area contributed by atoms with Crippen LogP contribution in [-0.4, -0.2) is 18.2 Å². The van der Waals surface area contributed by atoms with Crippen molar-refractivity contribution in [3.8, 4) is 0 Å². The second kappa shape index (κ2) is 5.05. The van der Waals surface area contributed by atoms with E-state index in [-0.39, 0.29) is 10.8 Å². The highest BCUT2D eigenvalue weighted by atomic mass is 32.2. The second-order valence-electron chi connectivity index (χ2n) is 6.07. The van der Waals surface area contributed by atoms with E-state index < -0.39 is 15.4 Å². The molecule has 0 aliphatic heterocycles. The summed E-state index contributed by atoms with van der Waals surface area (Å²) in [6, 6.07) is 0. The molecule has 0 bridgehead atoms. The Bertz CT molecular complexity index is 315. The van der Waals surface area contributed by atoms with Gasteiger partial charge in [0.15, 0.2) is 0 Å². The zero-order valence-electron chi connectivity index (χ0n) is 11.4. The Balaban J connectivity index is 5.16. The van der Waals surface area contributed by atoms with Crippen molar-refractivity contribution in [3.05, 3.63) is 0 Å². The van der Waals surface area contributed by atoms with Crippen LogP contribution in [0.1, 0.15) is 60.8 Å². The fraction of sp³-hybridized carbons (Fsp3) is 1.00. The Morgan fingerprint density at radius 2 is 1.50 bits per heavy atom. The van der Waals surface area contributed by atoms with Gasteiger partial charge < -0.3 is 0 Å². The Hall–Kier alpha value is -0.0900. The summed E-state index contributed by atoms with van der Waals surface area (Å²) in [6.45, 7) is 11.9. The van der Waals surface area contributed by atoms with E-state index in [1.165, 1.54) is 0 Å². The molecule has 0 saturated carbocycles. The highest BCUT2D eigenvalue weighted by Crippen LogP contribution is 2.38. The molecule has 0 heterocycles. The largest absolute Gasteiger partial charge is 0.285 e. The molecule has 1 atom stereocenters. The molecule has 16 heavy (non-hydrogen) atoms. The van der Waals surface area contributed by atoms with Crippen LogP contribution in [0.4, 0.5) is 0 Å². The Kier molecular flexibility index (Phi) is 5.02. The van der Waals surface area contributed by atoms with Gasteiger partial charge in [0.2, 0.25) is 0 Å². The smallest absolute Gasteiger partial charge is 0.268 e. The van der Waals surface area contributed by atoms with Crippen LogP contribution in [-0.2, 0) is 10.1 Å². The second-order valence-corrected chi connectivity index (χ2v) is 7.67. The average Bonchev–Trinajstić information content (AvgIpc) is 2.12. The van der Waals surface area contributed by atoms with Crippen LogP contribution in [0.15, 0.2) is 0 Å². The zero-order chi connectivity index (χ0) is 13.2. The fourth-order valence-electron chi connectivity index (χ4n) is 1.66. The first-order valence-corrected chi connectivity index (χ1v) is 7.43. The molecule has 0 radical (unpaired) electrons. The maximum atomic E-state index is 11.5. The third kappa shape index (κ3) is 4.42. The van der Waals surface area contributed by atoms with Crippen LogP contribution in [0.5, 0.6) is 0 Å². The van der Waals surface area contributed by atoms with Gasteiger partial charge in [0, 0.05) is 0 Å². The predicted octanol–water partition coefficient (Wildman–Crippen LogP) is 3.51. The number of hydrogen-bond donors (Lipinski definition) is 1. The van der Waals surface area contributed by atoms with Crippen molar-refractivity contribution >= 4 is 10.1 Å². The molecular weight excluding hydrogens is 224 g/mol. The molecule has 4 heteroatoms. The van der Waals surface area contributed by atoms with Gasteiger partial charge in [0.25, 0.3) is 10.1 Å². The topological polar surface area (TPSA) is 54.4 Å². The van der Waals surface area contributed by atoms with Crippen molar-refractivity contribution in [3.63, 3.8) is 0 Å². The van der Waals surface area contributed by atoms with Gasteiger partial charge in [-0.05, 0) is 23.7 Å². The van der Waals surface area contributed by atoms with Gasteiger partial charge >= 0.3 is 0 Å². The first-order chi connectivity index (χ1) is 6.96. The molecule has 0 saturated heterocycles. The van der Waals surface area contributed by atoms with Crippen molar-refractivity contribution in [1.82, 2.24) is 0 Å². The van der Waals surface area contributed by atoms with Gasteiger partial charge in [-0.1, -0.05) is 48.0 Å². The maximum absolute atomic E-state index is 11.5. The van der Waals surface area contributed by atoms with Gasteiger partial charge in [0.05, 0.1) is 5.25 Å². The van der Waals surface area contributed by atoms with Crippen LogP contribution in [0.3, 0.4) is 0 Å². The van der Waals surface area contributed by atoms with Crippen LogP contribution in [0.25, 0.3) is 0 Å². The minimum atomic E-state index is -3.98. The molecule has 0 fully saturated rings. The summed E-state index contributed by atoms with van der Waals surface area (Å²) >= 11 is 0. The van der Waals surface area contributed by atoms with E-state index in [0.717, 1.165) is 12.8 Å². The van der Waals surface area contributed by atoms with E-state index in [0.29, 0.717) is 6.42 Å². The Morgan fingerprint density at radius 3 is 1.75 bits per heavy atom. The molecule has 0 aromatic heterocycles. The van der Waals surface area contributed by atoms with E-state index in [1.807, 2.05) is 41.5 Å².